The van der Waals surface area contributed by atoms with Crippen LogP contribution in [0.25, 0.3) is 11.1 Å². The number of rotatable bonds is 8. The van der Waals surface area contributed by atoms with Crippen molar-refractivity contribution in [3.8, 4) is 16.9 Å². The second-order valence-corrected chi connectivity index (χ2v) is 11.6. The van der Waals surface area contributed by atoms with E-state index in [0.717, 1.165) is 16.8 Å². The highest BCUT2D eigenvalue weighted by molar-refractivity contribution is 7.60. The van der Waals surface area contributed by atoms with Gasteiger partial charge in [-0.15, -0.1) is 0 Å². The molecule has 200 valence electrons. The molecule has 4 N–H and O–H groups in total. The number of carbonyl (C=O) groups is 1. The van der Waals surface area contributed by atoms with Gasteiger partial charge in [0.2, 0.25) is 5.91 Å². The first kappa shape index (κ1) is 27.1. The molecule has 0 spiro atoms. The number of hydrogen-bond acceptors (Lipinski definition) is 4. The molecule has 5 rings (SSSR count). The zero-order chi connectivity index (χ0) is 27.7. The van der Waals surface area contributed by atoms with Gasteiger partial charge in [0.25, 0.3) is 0 Å². The quantitative estimate of drug-likeness (QED) is 0.160. The second kappa shape index (κ2) is 11.0. The molecule has 1 saturated heterocycles. The standard InChI is InChI=1S/C30H27ClNO6P/c31-22-11-6-20(7-12-22)27(33)17-16-26-29(32(30(26)35)23-4-2-1-3-5-23)21-10-15-25(28(34)18-21)19-8-13-24(14-9-19)39(36,37)38/h1-15,18,26-27,29,33-34H,16-17H2,(H2,36,37,38). The number of phenolic OH excluding ortho intramolecular Hbond substituents is 1. The molecule has 4 aromatic carbocycles. The van der Waals surface area contributed by atoms with E-state index in [1.165, 1.54) is 12.1 Å². The molecule has 1 fully saturated rings. The van der Waals surface area contributed by atoms with Crippen molar-refractivity contribution in [1.82, 2.24) is 0 Å². The summed E-state index contributed by atoms with van der Waals surface area (Å²) in [5.74, 6) is -0.449. The molecule has 0 aromatic heterocycles. The summed E-state index contributed by atoms with van der Waals surface area (Å²) in [7, 11) is -4.37. The lowest BCUT2D eigenvalue weighted by Crippen LogP contribution is -2.55. The molecule has 1 aliphatic rings. The first-order valence-electron chi connectivity index (χ1n) is 12.4. The molecule has 0 saturated carbocycles. The van der Waals surface area contributed by atoms with Crippen molar-refractivity contribution in [3.63, 3.8) is 0 Å². The molecule has 0 bridgehead atoms. The highest BCUT2D eigenvalue weighted by atomic mass is 35.5. The first-order valence-corrected chi connectivity index (χ1v) is 14.4. The van der Waals surface area contributed by atoms with Gasteiger partial charge in [0.05, 0.1) is 23.4 Å². The number of aromatic hydroxyl groups is 1. The van der Waals surface area contributed by atoms with Crippen LogP contribution in [0.2, 0.25) is 5.02 Å². The third kappa shape index (κ3) is 5.64. The monoisotopic (exact) mass is 563 g/mol. The van der Waals surface area contributed by atoms with Crippen molar-refractivity contribution < 1.29 is 29.4 Å². The Morgan fingerprint density at radius 2 is 1.56 bits per heavy atom. The van der Waals surface area contributed by atoms with Gasteiger partial charge >= 0.3 is 7.60 Å². The SMILES string of the molecule is O=C1C(CCC(O)c2ccc(Cl)cc2)C(c2ccc(-c3ccc(P(=O)(O)O)cc3)c(O)c2)N1c1ccccc1. The van der Waals surface area contributed by atoms with Crippen molar-refractivity contribution in [2.24, 2.45) is 5.92 Å². The molecule has 39 heavy (non-hydrogen) atoms. The van der Waals surface area contributed by atoms with Gasteiger partial charge in [0.1, 0.15) is 5.75 Å². The second-order valence-electron chi connectivity index (χ2n) is 9.61. The predicted octanol–water partition coefficient (Wildman–Crippen LogP) is 5.73. The van der Waals surface area contributed by atoms with E-state index < -0.39 is 13.7 Å². The van der Waals surface area contributed by atoms with Crippen molar-refractivity contribution in [2.75, 3.05) is 4.90 Å². The van der Waals surface area contributed by atoms with Crippen LogP contribution in [0.4, 0.5) is 5.69 Å². The summed E-state index contributed by atoms with van der Waals surface area (Å²) in [6.07, 6.45) is 0.0873. The molecule has 3 unspecified atom stereocenters. The average Bonchev–Trinajstić information content (AvgIpc) is 2.92. The van der Waals surface area contributed by atoms with Gasteiger partial charge in [-0.2, -0.15) is 0 Å². The Morgan fingerprint density at radius 3 is 2.18 bits per heavy atom. The molecule has 1 heterocycles. The largest absolute Gasteiger partial charge is 0.507 e. The number of phenols is 1. The maximum absolute atomic E-state index is 13.3. The zero-order valence-corrected chi connectivity index (χ0v) is 22.4. The van der Waals surface area contributed by atoms with Crippen molar-refractivity contribution in [3.05, 3.63) is 113 Å². The number of benzene rings is 4. The summed E-state index contributed by atoms with van der Waals surface area (Å²) in [6, 6.07) is 27.0. The lowest BCUT2D eigenvalue weighted by Gasteiger charge is -2.48. The smallest absolute Gasteiger partial charge is 0.356 e. The maximum atomic E-state index is 13.3. The first-order chi connectivity index (χ1) is 18.6. The van der Waals surface area contributed by atoms with Crippen LogP contribution in [0.1, 0.15) is 36.1 Å². The van der Waals surface area contributed by atoms with E-state index in [-0.39, 0.29) is 28.9 Å². The molecule has 4 aromatic rings. The molecule has 1 amide bonds. The minimum absolute atomic E-state index is 0.0104. The lowest BCUT2D eigenvalue weighted by atomic mass is 9.78. The minimum Gasteiger partial charge on any atom is -0.507 e. The Bertz CT molecular complexity index is 1520. The molecule has 9 heteroatoms. The fourth-order valence-corrected chi connectivity index (χ4v) is 5.75. The third-order valence-electron chi connectivity index (χ3n) is 7.13. The van der Waals surface area contributed by atoms with Crippen LogP contribution in [0, 0.1) is 5.92 Å². The highest BCUT2D eigenvalue weighted by Gasteiger charge is 2.48. The van der Waals surface area contributed by atoms with E-state index in [4.69, 9.17) is 11.6 Å². The van der Waals surface area contributed by atoms with Crippen LogP contribution in [0.3, 0.4) is 0 Å². The number of β-lactam (4-membered cyclic amide) rings is 1. The number of aliphatic hydroxyl groups is 1. The van der Waals surface area contributed by atoms with Gasteiger partial charge in [-0.3, -0.25) is 9.36 Å². The number of carbonyl (C=O) groups excluding carboxylic acids is 1. The van der Waals surface area contributed by atoms with E-state index in [9.17, 15) is 29.4 Å². The van der Waals surface area contributed by atoms with Gasteiger partial charge in [-0.25, -0.2) is 0 Å². The number of halogens is 1. The Labute approximate surface area is 231 Å². The molecular weight excluding hydrogens is 537 g/mol. The van der Waals surface area contributed by atoms with Crippen LogP contribution in [0.5, 0.6) is 5.75 Å². The summed E-state index contributed by atoms with van der Waals surface area (Å²) < 4.78 is 11.5. The maximum Gasteiger partial charge on any atom is 0.356 e. The number of para-hydroxylation sites is 1. The molecular formula is C30H27ClNO6P. The fourth-order valence-electron chi connectivity index (χ4n) is 5.09. The molecule has 1 aliphatic heterocycles. The Balaban J connectivity index is 1.41. The van der Waals surface area contributed by atoms with E-state index in [1.807, 2.05) is 36.4 Å². The topological polar surface area (TPSA) is 118 Å². The number of hydrogen-bond donors (Lipinski definition) is 4. The predicted molar refractivity (Wildman–Crippen MR) is 151 cm³/mol. The van der Waals surface area contributed by atoms with Crippen LogP contribution in [0.15, 0.2) is 97.1 Å². The van der Waals surface area contributed by atoms with Crippen molar-refractivity contribution in [1.29, 1.82) is 0 Å². The summed E-state index contributed by atoms with van der Waals surface area (Å²) in [6.45, 7) is 0. The van der Waals surface area contributed by atoms with E-state index >= 15 is 0 Å². The molecule has 0 aliphatic carbocycles. The van der Waals surface area contributed by atoms with Crippen molar-refractivity contribution >= 4 is 36.1 Å². The average molecular weight is 564 g/mol. The normalized spacial score (nSPS) is 18.1. The lowest BCUT2D eigenvalue weighted by molar-refractivity contribution is -0.131. The van der Waals surface area contributed by atoms with Crippen LogP contribution >= 0.6 is 19.2 Å². The molecule has 0 radical (unpaired) electrons. The van der Waals surface area contributed by atoms with E-state index in [1.54, 1.807) is 53.4 Å². The number of nitrogens with zero attached hydrogens (tertiary/aromatic N) is 1. The summed E-state index contributed by atoms with van der Waals surface area (Å²) in [5, 5.41) is 22.1. The van der Waals surface area contributed by atoms with Crippen LogP contribution < -0.4 is 10.2 Å². The van der Waals surface area contributed by atoms with Crippen molar-refractivity contribution in [2.45, 2.75) is 25.0 Å². The Kier molecular flexibility index (Phi) is 7.63. The summed E-state index contributed by atoms with van der Waals surface area (Å²) >= 11 is 5.96. The molecule has 7 nitrogen and oxygen atoms in total. The summed E-state index contributed by atoms with van der Waals surface area (Å²) in [4.78, 5) is 33.8. The van der Waals surface area contributed by atoms with Gasteiger partial charge < -0.3 is 24.9 Å². The van der Waals surface area contributed by atoms with Crippen LogP contribution in [-0.2, 0) is 9.36 Å². The van der Waals surface area contributed by atoms with Gasteiger partial charge in [-0.1, -0.05) is 66.2 Å². The van der Waals surface area contributed by atoms with Crippen LogP contribution in [-0.4, -0.2) is 25.9 Å². The molecule has 3 atom stereocenters. The Hall–Kier alpha value is -3.45. The highest BCUT2D eigenvalue weighted by Crippen LogP contribution is 2.47. The van der Waals surface area contributed by atoms with Gasteiger partial charge in [-0.05, 0) is 72.0 Å². The van der Waals surface area contributed by atoms with E-state index in [2.05, 4.69) is 0 Å². The Morgan fingerprint density at radius 1 is 0.897 bits per heavy atom. The minimum atomic E-state index is -4.37. The van der Waals surface area contributed by atoms with Gasteiger partial charge in [0.15, 0.2) is 0 Å². The van der Waals surface area contributed by atoms with Gasteiger partial charge in [0, 0.05) is 16.3 Å². The number of anilines is 1. The fraction of sp³-hybridized carbons (Fsp3) is 0.167. The number of amides is 1. The zero-order valence-electron chi connectivity index (χ0n) is 20.8. The third-order valence-corrected chi connectivity index (χ3v) is 8.35. The van der Waals surface area contributed by atoms with E-state index in [0.29, 0.717) is 29.0 Å². The summed E-state index contributed by atoms with van der Waals surface area (Å²) in [5.41, 5.74) is 3.33. The number of aliphatic hydroxyl groups excluding tert-OH is 1.